The Morgan fingerprint density at radius 1 is 1.42 bits per heavy atom. The molecule has 0 saturated heterocycles. The maximum absolute atomic E-state index is 11.6. The smallest absolute Gasteiger partial charge is 0.241 e. The molecule has 0 spiro atoms. The fourth-order valence-corrected chi connectivity index (χ4v) is 2.18. The van der Waals surface area contributed by atoms with E-state index in [4.69, 9.17) is 0 Å². The van der Waals surface area contributed by atoms with Crippen molar-refractivity contribution >= 4 is 21.8 Å². The van der Waals surface area contributed by atoms with E-state index in [1.807, 2.05) is 44.3 Å². The normalized spacial score (nSPS) is 10.7. The third-order valence-electron chi connectivity index (χ3n) is 2.55. The molecule has 1 heterocycles. The standard InChI is InChI=1S/C14H16BrN3O/c1-10(2)17-14(19)9-18-8-12(7-16-18)11-4-3-5-13(15)6-11/h3-8,10H,9H2,1-2H3,(H,17,19). The molecule has 0 aliphatic heterocycles. The SMILES string of the molecule is CC(C)NC(=O)Cn1cc(-c2cccc(Br)c2)cn1. The second-order valence-corrected chi connectivity index (χ2v) is 5.57. The Labute approximate surface area is 120 Å². The van der Waals surface area contributed by atoms with Crippen molar-refractivity contribution in [2.75, 3.05) is 0 Å². The minimum atomic E-state index is -0.0288. The molecule has 0 unspecified atom stereocenters. The summed E-state index contributed by atoms with van der Waals surface area (Å²) >= 11 is 3.44. The lowest BCUT2D eigenvalue weighted by Crippen LogP contribution is -2.33. The van der Waals surface area contributed by atoms with Gasteiger partial charge in [-0.2, -0.15) is 5.10 Å². The molecule has 1 aromatic heterocycles. The van der Waals surface area contributed by atoms with E-state index in [0.29, 0.717) is 0 Å². The first-order valence-electron chi connectivity index (χ1n) is 6.12. The fraction of sp³-hybridized carbons (Fsp3) is 0.286. The van der Waals surface area contributed by atoms with Gasteiger partial charge >= 0.3 is 0 Å². The van der Waals surface area contributed by atoms with Gasteiger partial charge in [0.05, 0.1) is 6.20 Å². The van der Waals surface area contributed by atoms with Gasteiger partial charge in [0.25, 0.3) is 0 Å². The van der Waals surface area contributed by atoms with Gasteiger partial charge in [-0.15, -0.1) is 0 Å². The summed E-state index contributed by atoms with van der Waals surface area (Å²) in [5.74, 6) is -0.0288. The first-order chi connectivity index (χ1) is 9.04. The summed E-state index contributed by atoms with van der Waals surface area (Å²) in [6.07, 6.45) is 3.64. The lowest BCUT2D eigenvalue weighted by molar-refractivity contribution is -0.122. The third-order valence-corrected chi connectivity index (χ3v) is 3.04. The van der Waals surface area contributed by atoms with Crippen LogP contribution < -0.4 is 5.32 Å². The number of halogens is 1. The first kappa shape index (κ1) is 13.8. The Kier molecular flexibility index (Phi) is 4.37. The number of carbonyl (C=O) groups is 1. The van der Waals surface area contributed by atoms with Gasteiger partial charge in [0.1, 0.15) is 6.54 Å². The molecule has 0 radical (unpaired) electrons. The zero-order valence-corrected chi connectivity index (χ0v) is 12.5. The van der Waals surface area contributed by atoms with Gasteiger partial charge in [0, 0.05) is 22.3 Å². The van der Waals surface area contributed by atoms with Gasteiger partial charge in [0.15, 0.2) is 0 Å². The number of carbonyl (C=O) groups excluding carboxylic acids is 1. The van der Waals surface area contributed by atoms with Crippen LogP contribution in [0.3, 0.4) is 0 Å². The molecule has 5 heteroatoms. The van der Waals surface area contributed by atoms with Gasteiger partial charge < -0.3 is 5.32 Å². The van der Waals surface area contributed by atoms with Crippen LogP contribution in [0.5, 0.6) is 0 Å². The van der Waals surface area contributed by atoms with E-state index in [-0.39, 0.29) is 18.5 Å². The Morgan fingerprint density at radius 3 is 2.89 bits per heavy atom. The maximum Gasteiger partial charge on any atom is 0.241 e. The largest absolute Gasteiger partial charge is 0.352 e. The lowest BCUT2D eigenvalue weighted by atomic mass is 10.1. The van der Waals surface area contributed by atoms with Gasteiger partial charge in [-0.25, -0.2) is 0 Å². The Hall–Kier alpha value is -1.62. The van der Waals surface area contributed by atoms with Crippen LogP contribution in [0.2, 0.25) is 0 Å². The number of nitrogens with one attached hydrogen (secondary N) is 1. The van der Waals surface area contributed by atoms with E-state index in [1.165, 1.54) is 0 Å². The molecule has 100 valence electrons. The van der Waals surface area contributed by atoms with Crippen LogP contribution in [0.1, 0.15) is 13.8 Å². The van der Waals surface area contributed by atoms with Crippen LogP contribution in [0.4, 0.5) is 0 Å². The third kappa shape index (κ3) is 3.92. The average Bonchev–Trinajstić information content (AvgIpc) is 2.76. The molecular formula is C14H16BrN3O. The van der Waals surface area contributed by atoms with E-state index in [0.717, 1.165) is 15.6 Å². The minimum absolute atomic E-state index is 0.0288. The molecule has 2 aromatic rings. The van der Waals surface area contributed by atoms with E-state index in [1.54, 1.807) is 10.9 Å². The highest BCUT2D eigenvalue weighted by Crippen LogP contribution is 2.22. The molecule has 0 bridgehead atoms. The van der Waals surface area contributed by atoms with Crippen molar-refractivity contribution in [2.45, 2.75) is 26.4 Å². The zero-order valence-electron chi connectivity index (χ0n) is 10.9. The highest BCUT2D eigenvalue weighted by atomic mass is 79.9. The van der Waals surface area contributed by atoms with Crippen LogP contribution in [-0.4, -0.2) is 21.7 Å². The van der Waals surface area contributed by atoms with Gasteiger partial charge in [-0.3, -0.25) is 9.48 Å². The van der Waals surface area contributed by atoms with Crippen molar-refractivity contribution < 1.29 is 4.79 Å². The van der Waals surface area contributed by atoms with Gasteiger partial charge in [0.2, 0.25) is 5.91 Å². The van der Waals surface area contributed by atoms with E-state index in [2.05, 4.69) is 26.3 Å². The molecule has 19 heavy (non-hydrogen) atoms. The van der Waals surface area contributed by atoms with E-state index < -0.39 is 0 Å². The molecule has 0 atom stereocenters. The number of aromatic nitrogens is 2. The van der Waals surface area contributed by atoms with Crippen molar-refractivity contribution in [1.82, 2.24) is 15.1 Å². The predicted molar refractivity (Wildman–Crippen MR) is 78.6 cm³/mol. The predicted octanol–water partition coefficient (Wildman–Crippen LogP) is 2.84. The monoisotopic (exact) mass is 321 g/mol. The summed E-state index contributed by atoms with van der Waals surface area (Å²) in [5, 5.41) is 7.05. The quantitative estimate of drug-likeness (QED) is 0.941. The van der Waals surface area contributed by atoms with Crippen molar-refractivity contribution in [3.63, 3.8) is 0 Å². The summed E-state index contributed by atoms with van der Waals surface area (Å²) in [4.78, 5) is 11.6. The number of amides is 1. The van der Waals surface area contributed by atoms with Crippen LogP contribution >= 0.6 is 15.9 Å². The molecule has 0 aliphatic rings. The summed E-state index contributed by atoms with van der Waals surface area (Å²) < 4.78 is 2.67. The topological polar surface area (TPSA) is 46.9 Å². The van der Waals surface area contributed by atoms with Crippen LogP contribution in [0.15, 0.2) is 41.1 Å². The maximum atomic E-state index is 11.6. The average molecular weight is 322 g/mol. The molecule has 0 fully saturated rings. The van der Waals surface area contributed by atoms with Gasteiger partial charge in [-0.05, 0) is 31.5 Å². The Morgan fingerprint density at radius 2 is 2.21 bits per heavy atom. The van der Waals surface area contributed by atoms with Gasteiger partial charge in [-0.1, -0.05) is 28.1 Å². The molecule has 4 nitrogen and oxygen atoms in total. The van der Waals surface area contributed by atoms with E-state index in [9.17, 15) is 4.79 Å². The van der Waals surface area contributed by atoms with E-state index >= 15 is 0 Å². The van der Waals surface area contributed by atoms with Crippen LogP contribution in [-0.2, 0) is 11.3 Å². The molecular weight excluding hydrogens is 306 g/mol. The molecule has 0 aliphatic carbocycles. The van der Waals surface area contributed by atoms with Crippen molar-refractivity contribution in [1.29, 1.82) is 0 Å². The molecule has 2 rings (SSSR count). The second kappa shape index (κ2) is 6.02. The zero-order chi connectivity index (χ0) is 13.8. The lowest BCUT2D eigenvalue weighted by Gasteiger charge is -2.07. The Bertz CT molecular complexity index is 578. The Balaban J connectivity index is 2.09. The first-order valence-corrected chi connectivity index (χ1v) is 6.91. The molecule has 1 amide bonds. The summed E-state index contributed by atoms with van der Waals surface area (Å²) in [7, 11) is 0. The summed E-state index contributed by atoms with van der Waals surface area (Å²) in [5.41, 5.74) is 2.07. The molecule has 1 N–H and O–H groups in total. The highest BCUT2D eigenvalue weighted by Gasteiger charge is 2.07. The fourth-order valence-electron chi connectivity index (χ4n) is 1.78. The number of rotatable bonds is 4. The van der Waals surface area contributed by atoms with Crippen molar-refractivity contribution in [3.8, 4) is 11.1 Å². The second-order valence-electron chi connectivity index (χ2n) is 4.66. The summed E-state index contributed by atoms with van der Waals surface area (Å²) in [6.45, 7) is 4.12. The van der Waals surface area contributed by atoms with Crippen molar-refractivity contribution in [3.05, 3.63) is 41.1 Å². The number of hydrogen-bond donors (Lipinski definition) is 1. The van der Waals surface area contributed by atoms with Crippen LogP contribution in [0.25, 0.3) is 11.1 Å². The van der Waals surface area contributed by atoms with Crippen molar-refractivity contribution in [2.24, 2.45) is 0 Å². The molecule has 1 aromatic carbocycles. The minimum Gasteiger partial charge on any atom is -0.352 e. The molecule has 0 saturated carbocycles. The number of nitrogens with zero attached hydrogens (tertiary/aromatic N) is 2. The highest BCUT2D eigenvalue weighted by molar-refractivity contribution is 9.10. The van der Waals surface area contributed by atoms with Crippen LogP contribution in [0, 0.1) is 0 Å². The number of hydrogen-bond acceptors (Lipinski definition) is 2. The number of benzene rings is 1. The summed E-state index contributed by atoms with van der Waals surface area (Å²) in [6, 6.07) is 8.13.